The number of hydrogen-bond acceptors (Lipinski definition) is 5. The second kappa shape index (κ2) is 5.84. The normalized spacial score (nSPS) is 28.0. The minimum absolute atomic E-state index is 0.423. The summed E-state index contributed by atoms with van der Waals surface area (Å²) in [5.74, 6) is 0. The first kappa shape index (κ1) is 15.9. The van der Waals surface area contributed by atoms with E-state index in [0.717, 1.165) is 12.8 Å². The van der Waals surface area contributed by atoms with Gasteiger partial charge in [0.2, 0.25) is 6.41 Å². The molecule has 0 aromatic carbocycles. The number of nitrogens with zero attached hydrogens (tertiary/aromatic N) is 1. The Labute approximate surface area is 109 Å². The van der Waals surface area contributed by atoms with Crippen LogP contribution in [0.25, 0.3) is 0 Å². The molecule has 5 heteroatoms. The molecule has 1 fully saturated rings. The minimum Gasteiger partial charge on any atom is -0.368 e. The highest BCUT2D eigenvalue weighted by Crippen LogP contribution is 2.38. The third-order valence-corrected chi connectivity index (χ3v) is 3.48. The van der Waals surface area contributed by atoms with Crippen LogP contribution in [0.5, 0.6) is 0 Å². The topological polar surface area (TPSA) is 73.2 Å². The second-order valence-electron chi connectivity index (χ2n) is 6.26. The Bertz CT molecular complexity index is 264. The molecule has 1 saturated heterocycles. The van der Waals surface area contributed by atoms with Gasteiger partial charge >= 0.3 is 0 Å². The van der Waals surface area contributed by atoms with Crippen molar-refractivity contribution in [3.63, 3.8) is 0 Å². The number of rotatable bonds is 5. The first-order chi connectivity index (χ1) is 8.20. The summed E-state index contributed by atoms with van der Waals surface area (Å²) in [5, 5.41) is 29.2. The average molecular weight is 261 g/mol. The van der Waals surface area contributed by atoms with Gasteiger partial charge in [-0.25, -0.2) is 0 Å². The van der Waals surface area contributed by atoms with Crippen molar-refractivity contribution in [1.82, 2.24) is 4.90 Å². The average Bonchev–Trinajstić information content (AvgIpc) is 2.61. The van der Waals surface area contributed by atoms with E-state index in [9.17, 15) is 15.3 Å². The van der Waals surface area contributed by atoms with Crippen LogP contribution in [0, 0.1) is 5.41 Å². The van der Waals surface area contributed by atoms with Gasteiger partial charge in [0, 0.05) is 18.5 Å². The van der Waals surface area contributed by atoms with Gasteiger partial charge in [0.05, 0.1) is 5.60 Å². The fourth-order valence-corrected chi connectivity index (χ4v) is 2.55. The Morgan fingerprint density at radius 3 is 2.33 bits per heavy atom. The summed E-state index contributed by atoms with van der Waals surface area (Å²) >= 11 is 0. The molecule has 0 radical (unpaired) electrons. The first-order valence-corrected chi connectivity index (χ1v) is 6.66. The van der Waals surface area contributed by atoms with E-state index < -0.39 is 23.7 Å². The number of hydrogen-bond donors (Lipinski definition) is 3. The summed E-state index contributed by atoms with van der Waals surface area (Å²) in [4.78, 5) is 1.76. The Balaban J connectivity index is 2.63. The van der Waals surface area contributed by atoms with Crippen molar-refractivity contribution < 1.29 is 20.1 Å². The maximum Gasteiger partial charge on any atom is 0.216 e. The molecular weight excluding hydrogens is 234 g/mol. The quantitative estimate of drug-likeness (QED) is 0.641. The van der Waals surface area contributed by atoms with E-state index in [1.54, 1.807) is 4.90 Å². The molecule has 1 aliphatic rings. The summed E-state index contributed by atoms with van der Waals surface area (Å²) in [6, 6.07) is 0. The van der Waals surface area contributed by atoms with Crippen LogP contribution in [-0.2, 0) is 4.74 Å². The van der Waals surface area contributed by atoms with Crippen molar-refractivity contribution in [2.75, 3.05) is 13.1 Å². The van der Waals surface area contributed by atoms with Crippen LogP contribution < -0.4 is 0 Å². The Morgan fingerprint density at radius 2 is 1.89 bits per heavy atom. The highest BCUT2D eigenvalue weighted by molar-refractivity contribution is 4.91. The molecule has 18 heavy (non-hydrogen) atoms. The standard InChI is InChI=1S/C13H27NO4/c1-5-6-13(10(15)16)7-8-14(9-13)11(17)18-12(2,3)4/h10-11,15-17H,5-9H2,1-4H3/t11-,13?/m1/s1. The third kappa shape index (κ3) is 3.90. The fraction of sp³-hybridized carbons (Fsp3) is 1.00. The molecule has 108 valence electrons. The summed E-state index contributed by atoms with van der Waals surface area (Å²) in [5.41, 5.74) is -0.954. The minimum atomic E-state index is -1.34. The lowest BCUT2D eigenvalue weighted by molar-refractivity contribution is -0.239. The molecule has 1 heterocycles. The zero-order chi connectivity index (χ0) is 14.0. The number of aliphatic hydroxyl groups excluding tert-OH is 2. The summed E-state index contributed by atoms with van der Waals surface area (Å²) in [7, 11) is 0. The molecule has 0 spiro atoms. The van der Waals surface area contributed by atoms with Crippen molar-refractivity contribution in [3.05, 3.63) is 0 Å². The van der Waals surface area contributed by atoms with Gasteiger partial charge in [-0.1, -0.05) is 13.3 Å². The number of likely N-dealkylation sites (tertiary alicyclic amines) is 1. The van der Waals surface area contributed by atoms with E-state index in [1.807, 2.05) is 27.7 Å². The maximum absolute atomic E-state index is 10.0. The van der Waals surface area contributed by atoms with Crippen molar-refractivity contribution in [3.8, 4) is 0 Å². The number of aliphatic hydroxyl groups is 3. The van der Waals surface area contributed by atoms with Crippen LogP contribution in [0.3, 0.4) is 0 Å². The fourth-order valence-electron chi connectivity index (χ4n) is 2.55. The van der Waals surface area contributed by atoms with E-state index in [1.165, 1.54) is 0 Å². The van der Waals surface area contributed by atoms with Crippen LogP contribution in [0.2, 0.25) is 0 Å². The van der Waals surface area contributed by atoms with Gasteiger partial charge in [0.1, 0.15) is 0 Å². The lowest BCUT2D eigenvalue weighted by atomic mass is 9.82. The zero-order valence-corrected chi connectivity index (χ0v) is 11.9. The van der Waals surface area contributed by atoms with Gasteiger partial charge in [-0.05, 0) is 33.6 Å². The molecule has 0 amide bonds. The Morgan fingerprint density at radius 1 is 1.28 bits per heavy atom. The van der Waals surface area contributed by atoms with E-state index in [2.05, 4.69) is 0 Å². The third-order valence-electron chi connectivity index (χ3n) is 3.48. The molecule has 0 aromatic heterocycles. The van der Waals surface area contributed by atoms with Crippen molar-refractivity contribution in [2.24, 2.45) is 5.41 Å². The van der Waals surface area contributed by atoms with Gasteiger partial charge in [0.15, 0.2) is 6.29 Å². The van der Waals surface area contributed by atoms with Gasteiger partial charge in [0.25, 0.3) is 0 Å². The highest BCUT2D eigenvalue weighted by Gasteiger charge is 2.44. The molecule has 0 aromatic rings. The summed E-state index contributed by atoms with van der Waals surface area (Å²) < 4.78 is 5.49. The van der Waals surface area contributed by atoms with Crippen LogP contribution in [-0.4, -0.2) is 51.6 Å². The van der Waals surface area contributed by atoms with Gasteiger partial charge in [-0.2, -0.15) is 0 Å². The molecule has 2 atom stereocenters. The van der Waals surface area contributed by atoms with Crippen LogP contribution >= 0.6 is 0 Å². The van der Waals surface area contributed by atoms with Crippen molar-refractivity contribution in [2.45, 2.75) is 65.3 Å². The molecule has 1 rings (SSSR count). The molecule has 5 nitrogen and oxygen atoms in total. The summed E-state index contributed by atoms with van der Waals surface area (Å²) in [6.45, 7) is 8.74. The van der Waals surface area contributed by atoms with E-state index in [-0.39, 0.29) is 0 Å². The smallest absolute Gasteiger partial charge is 0.216 e. The van der Waals surface area contributed by atoms with Crippen molar-refractivity contribution in [1.29, 1.82) is 0 Å². The monoisotopic (exact) mass is 261 g/mol. The molecule has 0 saturated carbocycles. The maximum atomic E-state index is 10.0. The molecule has 0 bridgehead atoms. The van der Waals surface area contributed by atoms with Crippen LogP contribution in [0.1, 0.15) is 47.0 Å². The first-order valence-electron chi connectivity index (χ1n) is 6.66. The largest absolute Gasteiger partial charge is 0.368 e. The molecule has 0 aliphatic carbocycles. The highest BCUT2D eigenvalue weighted by atomic mass is 16.6. The van der Waals surface area contributed by atoms with Crippen molar-refractivity contribution >= 4 is 0 Å². The van der Waals surface area contributed by atoms with Crippen LogP contribution in [0.15, 0.2) is 0 Å². The van der Waals surface area contributed by atoms with Crippen LogP contribution in [0.4, 0.5) is 0 Å². The molecule has 1 aliphatic heterocycles. The number of ether oxygens (including phenoxy) is 1. The SMILES string of the molecule is CCCC1(C(O)O)CCN([C@H](O)OC(C)(C)C)C1. The molecular formula is C13H27NO4. The molecule has 3 N–H and O–H groups in total. The zero-order valence-electron chi connectivity index (χ0n) is 11.9. The van der Waals surface area contributed by atoms with Gasteiger partial charge in [-0.3, -0.25) is 4.90 Å². The Kier molecular flexibility index (Phi) is 5.14. The van der Waals surface area contributed by atoms with Gasteiger partial charge < -0.3 is 20.1 Å². The van der Waals surface area contributed by atoms with E-state index in [4.69, 9.17) is 4.74 Å². The lowest BCUT2D eigenvalue weighted by Gasteiger charge is -2.33. The molecule has 1 unspecified atom stereocenters. The van der Waals surface area contributed by atoms with E-state index in [0.29, 0.717) is 19.5 Å². The van der Waals surface area contributed by atoms with E-state index >= 15 is 0 Å². The lowest BCUT2D eigenvalue weighted by Crippen LogP contribution is -2.44. The summed E-state index contributed by atoms with van der Waals surface area (Å²) in [6.07, 6.45) is -0.0273. The van der Waals surface area contributed by atoms with Gasteiger partial charge in [-0.15, -0.1) is 0 Å². The predicted molar refractivity (Wildman–Crippen MR) is 68.6 cm³/mol. The predicted octanol–water partition coefficient (Wildman–Crippen LogP) is 0.880. The Hall–Kier alpha value is -0.200. The second-order valence-corrected chi connectivity index (χ2v) is 6.26.